The molecule has 0 amide bonds. The first-order valence-corrected chi connectivity index (χ1v) is 12.2. The third-order valence-electron chi connectivity index (χ3n) is 4.78. The largest absolute Gasteiger partial charge is 0.379 e. The van der Waals surface area contributed by atoms with E-state index in [1.165, 1.54) is 64.2 Å². The van der Waals surface area contributed by atoms with Crippen molar-refractivity contribution in [2.24, 2.45) is 10.2 Å². The van der Waals surface area contributed by atoms with Crippen LogP contribution in [0.5, 0.6) is 0 Å². The number of azo groups is 1. The Labute approximate surface area is 174 Å². The van der Waals surface area contributed by atoms with Crippen molar-refractivity contribution < 1.29 is 4.74 Å². The molecule has 27 heavy (non-hydrogen) atoms. The van der Waals surface area contributed by atoms with Crippen LogP contribution in [0.2, 0.25) is 0 Å². The molecule has 0 saturated carbocycles. The van der Waals surface area contributed by atoms with Gasteiger partial charge < -0.3 is 4.74 Å². The summed E-state index contributed by atoms with van der Waals surface area (Å²) in [4.78, 5) is -0.216. The Bertz CT molecular complexity index is 390. The van der Waals surface area contributed by atoms with Crippen LogP contribution in [0.1, 0.15) is 119 Å². The number of methoxy groups -OCH3 is 1. The first kappa shape index (κ1) is 26.9. The summed E-state index contributed by atoms with van der Waals surface area (Å²) < 4.78 is 5.66. The molecule has 0 aliphatic heterocycles. The summed E-state index contributed by atoms with van der Waals surface area (Å²) in [6.45, 7) is 15.1. The van der Waals surface area contributed by atoms with Gasteiger partial charge in [0.05, 0.1) is 11.1 Å². The molecule has 1 atom stereocenters. The average Bonchev–Trinajstić information content (AvgIpc) is 2.57. The van der Waals surface area contributed by atoms with Crippen molar-refractivity contribution in [3.8, 4) is 0 Å². The molecule has 0 fully saturated rings. The third-order valence-corrected chi connectivity index (χ3v) is 6.12. The number of ether oxygens (including phenoxy) is 1. The highest BCUT2D eigenvalue weighted by molar-refractivity contribution is 8.00. The number of hydrogen-bond acceptors (Lipinski definition) is 4. The Balaban J connectivity index is 4.17. The molecule has 3 nitrogen and oxygen atoms in total. The maximum absolute atomic E-state index is 5.66. The van der Waals surface area contributed by atoms with Gasteiger partial charge in [0.15, 0.2) is 0 Å². The second-order valence-corrected chi connectivity index (χ2v) is 11.3. The van der Waals surface area contributed by atoms with Crippen LogP contribution in [-0.4, -0.2) is 28.9 Å². The lowest BCUT2D eigenvalue weighted by molar-refractivity contribution is 0.00798. The van der Waals surface area contributed by atoms with Crippen molar-refractivity contribution in [2.75, 3.05) is 12.9 Å². The van der Waals surface area contributed by atoms with Crippen LogP contribution in [0.15, 0.2) is 10.2 Å². The molecule has 0 aromatic rings. The minimum Gasteiger partial charge on any atom is -0.379 e. The van der Waals surface area contributed by atoms with E-state index in [1.54, 1.807) is 7.11 Å². The molecule has 0 saturated heterocycles. The van der Waals surface area contributed by atoms with E-state index in [-0.39, 0.29) is 16.0 Å². The number of nitrogens with zero attached hydrogens (tertiary/aromatic N) is 2. The minimum atomic E-state index is -0.216. The first-order chi connectivity index (χ1) is 12.5. The second-order valence-electron chi connectivity index (χ2n) is 9.72. The summed E-state index contributed by atoms with van der Waals surface area (Å²) in [5.74, 6) is 1.15. The third kappa shape index (κ3) is 16.6. The minimum absolute atomic E-state index is 0.129. The van der Waals surface area contributed by atoms with Crippen LogP contribution >= 0.6 is 11.8 Å². The van der Waals surface area contributed by atoms with E-state index in [0.717, 1.165) is 12.2 Å². The van der Waals surface area contributed by atoms with Crippen molar-refractivity contribution in [1.82, 2.24) is 0 Å². The van der Waals surface area contributed by atoms with Gasteiger partial charge in [-0.2, -0.15) is 10.2 Å². The maximum atomic E-state index is 5.66. The van der Waals surface area contributed by atoms with Gasteiger partial charge in [-0.1, -0.05) is 64.7 Å². The summed E-state index contributed by atoms with van der Waals surface area (Å²) in [5, 5.41) is 9.32. The molecule has 0 aliphatic carbocycles. The van der Waals surface area contributed by atoms with Crippen LogP contribution in [-0.2, 0) is 4.74 Å². The summed E-state index contributed by atoms with van der Waals surface area (Å²) in [5.41, 5.74) is -0.313. The molecule has 1 unspecified atom stereocenters. The molecule has 0 aromatic heterocycles. The topological polar surface area (TPSA) is 34.0 Å². The second kappa shape index (κ2) is 14.0. The van der Waals surface area contributed by atoms with E-state index < -0.39 is 0 Å². The van der Waals surface area contributed by atoms with Crippen molar-refractivity contribution >= 4 is 11.8 Å². The lowest BCUT2D eigenvalue weighted by Crippen LogP contribution is -2.34. The highest BCUT2D eigenvalue weighted by Gasteiger charge is 2.33. The Morgan fingerprint density at radius 2 is 1.19 bits per heavy atom. The molecule has 0 spiro atoms. The molecule has 0 N–H and O–H groups in total. The van der Waals surface area contributed by atoms with Crippen molar-refractivity contribution in [2.45, 2.75) is 135 Å². The zero-order valence-electron chi connectivity index (χ0n) is 19.7. The van der Waals surface area contributed by atoms with Gasteiger partial charge in [0, 0.05) is 13.5 Å². The van der Waals surface area contributed by atoms with Crippen LogP contribution in [0.25, 0.3) is 0 Å². The SMILES string of the molecule is CCCCCCCCCCCCSC(C)(CC(C)(C)OC)N=NC(C)(C)C. The average molecular weight is 401 g/mol. The molecular weight excluding hydrogens is 352 g/mol. The smallest absolute Gasteiger partial charge is 0.126 e. The normalized spacial score (nSPS) is 15.4. The van der Waals surface area contributed by atoms with Gasteiger partial charge in [0.25, 0.3) is 0 Å². The van der Waals surface area contributed by atoms with Gasteiger partial charge in [-0.3, -0.25) is 0 Å². The van der Waals surface area contributed by atoms with Crippen molar-refractivity contribution in [1.29, 1.82) is 0 Å². The molecule has 162 valence electrons. The standard InChI is InChI=1S/C23H48N2OS/c1-9-10-11-12-13-14-15-16-17-18-19-27-23(7,20-22(5,6)26-8)25-24-21(2,3)4/h9-20H2,1-8H3. The summed E-state index contributed by atoms with van der Waals surface area (Å²) in [7, 11) is 1.79. The zero-order chi connectivity index (χ0) is 20.8. The number of thioether (sulfide) groups is 1. The molecular formula is C23H48N2OS. The van der Waals surface area contributed by atoms with E-state index in [2.05, 4.69) is 53.6 Å². The first-order valence-electron chi connectivity index (χ1n) is 11.2. The molecule has 0 rings (SSSR count). The fraction of sp³-hybridized carbons (Fsp3) is 1.00. The van der Waals surface area contributed by atoms with Crippen molar-refractivity contribution in [3.05, 3.63) is 0 Å². The summed E-state index contributed by atoms with van der Waals surface area (Å²) >= 11 is 1.94. The van der Waals surface area contributed by atoms with Crippen LogP contribution < -0.4 is 0 Å². The van der Waals surface area contributed by atoms with Gasteiger partial charge in [0.2, 0.25) is 0 Å². The number of rotatable bonds is 16. The summed E-state index contributed by atoms with van der Waals surface area (Å²) in [6.07, 6.45) is 14.7. The zero-order valence-corrected chi connectivity index (χ0v) is 20.5. The highest BCUT2D eigenvalue weighted by Crippen LogP contribution is 2.37. The predicted molar refractivity (Wildman–Crippen MR) is 123 cm³/mol. The van der Waals surface area contributed by atoms with E-state index in [0.29, 0.717) is 0 Å². The number of hydrogen-bond donors (Lipinski definition) is 0. The van der Waals surface area contributed by atoms with Crippen LogP contribution in [0.3, 0.4) is 0 Å². The molecule has 0 heterocycles. The quantitative estimate of drug-likeness (QED) is 0.192. The van der Waals surface area contributed by atoms with Gasteiger partial charge in [-0.05, 0) is 53.7 Å². The molecule has 0 radical (unpaired) electrons. The fourth-order valence-electron chi connectivity index (χ4n) is 3.11. The lowest BCUT2D eigenvalue weighted by Gasteiger charge is -2.33. The van der Waals surface area contributed by atoms with Crippen LogP contribution in [0, 0.1) is 0 Å². The summed E-state index contributed by atoms with van der Waals surface area (Å²) in [6, 6.07) is 0. The number of unbranched alkanes of at least 4 members (excludes halogenated alkanes) is 9. The van der Waals surface area contributed by atoms with Crippen LogP contribution in [0.4, 0.5) is 0 Å². The Morgan fingerprint density at radius 3 is 1.63 bits per heavy atom. The Morgan fingerprint density at radius 1 is 0.704 bits per heavy atom. The fourth-order valence-corrected chi connectivity index (χ4v) is 4.45. The molecule has 0 bridgehead atoms. The lowest BCUT2D eigenvalue weighted by atomic mass is 10.00. The maximum Gasteiger partial charge on any atom is 0.126 e. The molecule has 4 heteroatoms. The van der Waals surface area contributed by atoms with E-state index in [4.69, 9.17) is 9.85 Å². The predicted octanol–water partition coefficient (Wildman–Crippen LogP) is 8.42. The Kier molecular flexibility index (Phi) is 13.9. The Hall–Kier alpha value is -0.0900. The monoisotopic (exact) mass is 400 g/mol. The van der Waals surface area contributed by atoms with Gasteiger partial charge in [0.1, 0.15) is 4.87 Å². The van der Waals surface area contributed by atoms with Gasteiger partial charge in [-0.15, -0.1) is 11.8 Å². The highest BCUT2D eigenvalue weighted by atomic mass is 32.2. The van der Waals surface area contributed by atoms with E-state index in [9.17, 15) is 0 Å². The molecule has 0 aliphatic rings. The van der Waals surface area contributed by atoms with E-state index >= 15 is 0 Å². The van der Waals surface area contributed by atoms with E-state index in [1.807, 2.05) is 11.8 Å². The van der Waals surface area contributed by atoms with Gasteiger partial charge in [-0.25, -0.2) is 0 Å². The molecule has 0 aromatic carbocycles. The van der Waals surface area contributed by atoms with Crippen molar-refractivity contribution in [3.63, 3.8) is 0 Å². The van der Waals surface area contributed by atoms with Gasteiger partial charge >= 0.3 is 0 Å².